The van der Waals surface area contributed by atoms with Crippen LogP contribution in [0.5, 0.6) is 5.75 Å². The highest BCUT2D eigenvalue weighted by atomic mass is 35.5. The van der Waals surface area contributed by atoms with E-state index in [1.54, 1.807) is 25.1 Å². The SMILES string of the molecule is Cc1cc(Cl)ccc1OCc1cc(C(=O)O)c(C)o1. The summed E-state index contributed by atoms with van der Waals surface area (Å²) in [6.07, 6.45) is 0. The number of hydrogen-bond donors (Lipinski definition) is 1. The maximum Gasteiger partial charge on any atom is 0.339 e. The fourth-order valence-corrected chi connectivity index (χ4v) is 1.98. The Labute approximate surface area is 115 Å². The highest BCUT2D eigenvalue weighted by Crippen LogP contribution is 2.23. The van der Waals surface area contributed by atoms with Crippen LogP contribution in [-0.4, -0.2) is 11.1 Å². The maximum absolute atomic E-state index is 10.9. The molecule has 0 saturated carbocycles. The van der Waals surface area contributed by atoms with Crippen LogP contribution >= 0.6 is 11.6 Å². The van der Waals surface area contributed by atoms with Crippen LogP contribution in [0.4, 0.5) is 0 Å². The van der Waals surface area contributed by atoms with Gasteiger partial charge in [-0.3, -0.25) is 0 Å². The highest BCUT2D eigenvalue weighted by molar-refractivity contribution is 6.30. The molecule has 1 aromatic carbocycles. The van der Waals surface area contributed by atoms with Crippen molar-refractivity contribution in [3.05, 3.63) is 51.9 Å². The molecule has 4 nitrogen and oxygen atoms in total. The number of benzene rings is 1. The average molecular weight is 281 g/mol. The summed E-state index contributed by atoms with van der Waals surface area (Å²) >= 11 is 5.85. The van der Waals surface area contributed by atoms with Gasteiger partial charge in [0.1, 0.15) is 29.4 Å². The maximum atomic E-state index is 10.9. The Bertz CT molecular complexity index is 616. The number of aromatic carboxylic acids is 1. The normalized spacial score (nSPS) is 10.5. The molecule has 0 spiro atoms. The minimum Gasteiger partial charge on any atom is -0.485 e. The Morgan fingerprint density at radius 3 is 2.68 bits per heavy atom. The largest absolute Gasteiger partial charge is 0.485 e. The second-order valence-corrected chi connectivity index (χ2v) is 4.62. The number of rotatable bonds is 4. The minimum absolute atomic E-state index is 0.159. The molecular weight excluding hydrogens is 268 g/mol. The lowest BCUT2D eigenvalue weighted by molar-refractivity contribution is 0.0695. The number of carbonyl (C=O) groups is 1. The zero-order valence-electron chi connectivity index (χ0n) is 10.6. The summed E-state index contributed by atoms with van der Waals surface area (Å²) in [6, 6.07) is 6.78. The molecule has 0 unspecified atom stereocenters. The Morgan fingerprint density at radius 2 is 2.11 bits per heavy atom. The van der Waals surface area contributed by atoms with E-state index in [4.69, 9.17) is 25.9 Å². The third-order valence-electron chi connectivity index (χ3n) is 2.71. The van der Waals surface area contributed by atoms with Crippen LogP contribution in [0.15, 0.2) is 28.7 Å². The second kappa shape index (κ2) is 5.36. The van der Waals surface area contributed by atoms with Gasteiger partial charge >= 0.3 is 5.97 Å². The molecule has 1 heterocycles. The predicted molar refractivity (Wildman–Crippen MR) is 70.9 cm³/mol. The zero-order chi connectivity index (χ0) is 14.0. The van der Waals surface area contributed by atoms with Crippen LogP contribution in [0.3, 0.4) is 0 Å². The van der Waals surface area contributed by atoms with Crippen LogP contribution < -0.4 is 4.74 Å². The van der Waals surface area contributed by atoms with E-state index in [9.17, 15) is 4.79 Å². The summed E-state index contributed by atoms with van der Waals surface area (Å²) in [5, 5.41) is 9.57. The molecule has 5 heteroatoms. The van der Waals surface area contributed by atoms with Crippen molar-refractivity contribution in [1.29, 1.82) is 0 Å². The fraction of sp³-hybridized carbons (Fsp3) is 0.214. The van der Waals surface area contributed by atoms with Crippen LogP contribution in [0.25, 0.3) is 0 Å². The molecule has 0 amide bonds. The Morgan fingerprint density at radius 1 is 1.37 bits per heavy atom. The molecule has 19 heavy (non-hydrogen) atoms. The van der Waals surface area contributed by atoms with E-state index >= 15 is 0 Å². The minimum atomic E-state index is -1.00. The summed E-state index contributed by atoms with van der Waals surface area (Å²) in [7, 11) is 0. The van der Waals surface area contributed by atoms with Gasteiger partial charge < -0.3 is 14.3 Å². The lowest BCUT2D eigenvalue weighted by Gasteiger charge is -2.07. The van der Waals surface area contributed by atoms with Gasteiger partial charge in [0.25, 0.3) is 0 Å². The molecule has 0 saturated heterocycles. The van der Waals surface area contributed by atoms with Gasteiger partial charge in [-0.1, -0.05) is 11.6 Å². The van der Waals surface area contributed by atoms with E-state index in [2.05, 4.69) is 0 Å². The lowest BCUT2D eigenvalue weighted by atomic mass is 10.2. The van der Waals surface area contributed by atoms with Crippen LogP contribution in [-0.2, 0) is 6.61 Å². The summed E-state index contributed by atoms with van der Waals surface area (Å²) in [4.78, 5) is 10.9. The molecule has 0 fully saturated rings. The molecule has 100 valence electrons. The highest BCUT2D eigenvalue weighted by Gasteiger charge is 2.14. The van der Waals surface area contributed by atoms with E-state index in [1.165, 1.54) is 6.07 Å². The summed E-state index contributed by atoms with van der Waals surface area (Å²) in [5.74, 6) is 0.536. The zero-order valence-corrected chi connectivity index (χ0v) is 11.3. The Kier molecular flexibility index (Phi) is 3.81. The monoisotopic (exact) mass is 280 g/mol. The predicted octanol–water partition coefficient (Wildman–Crippen LogP) is 3.83. The van der Waals surface area contributed by atoms with Gasteiger partial charge in [0.2, 0.25) is 0 Å². The average Bonchev–Trinajstić information content (AvgIpc) is 2.69. The molecular formula is C14H13ClO4. The molecule has 0 radical (unpaired) electrons. The third kappa shape index (κ3) is 3.09. The molecule has 1 N–H and O–H groups in total. The third-order valence-corrected chi connectivity index (χ3v) is 2.94. The number of aryl methyl sites for hydroxylation is 2. The standard InChI is InChI=1S/C14H13ClO4/c1-8-5-10(15)3-4-13(8)18-7-11-6-12(14(16)17)9(2)19-11/h3-6H,7H2,1-2H3,(H,16,17). The van der Waals surface area contributed by atoms with Crippen molar-refractivity contribution in [2.45, 2.75) is 20.5 Å². The summed E-state index contributed by atoms with van der Waals surface area (Å²) < 4.78 is 10.9. The Hall–Kier alpha value is -1.94. The number of halogens is 1. The number of hydrogen-bond acceptors (Lipinski definition) is 3. The number of furan rings is 1. The van der Waals surface area contributed by atoms with E-state index in [-0.39, 0.29) is 12.2 Å². The van der Waals surface area contributed by atoms with Crippen LogP contribution in [0, 0.1) is 13.8 Å². The van der Waals surface area contributed by atoms with Crippen LogP contribution in [0.2, 0.25) is 5.02 Å². The smallest absolute Gasteiger partial charge is 0.339 e. The molecule has 0 atom stereocenters. The number of ether oxygens (including phenoxy) is 1. The van der Waals surface area contributed by atoms with E-state index in [0.717, 1.165) is 5.56 Å². The summed E-state index contributed by atoms with van der Waals surface area (Å²) in [5.41, 5.74) is 1.07. The van der Waals surface area contributed by atoms with Gasteiger partial charge in [-0.25, -0.2) is 4.79 Å². The van der Waals surface area contributed by atoms with Gasteiger partial charge in [-0.2, -0.15) is 0 Å². The van der Waals surface area contributed by atoms with Gasteiger partial charge in [0.05, 0.1) is 0 Å². The van der Waals surface area contributed by atoms with E-state index < -0.39 is 5.97 Å². The number of carboxylic acid groups (broad SMARTS) is 1. The number of carboxylic acids is 1. The van der Waals surface area contributed by atoms with Crippen molar-refractivity contribution in [3.8, 4) is 5.75 Å². The van der Waals surface area contributed by atoms with Gasteiger partial charge in [0, 0.05) is 5.02 Å². The van der Waals surface area contributed by atoms with Crippen molar-refractivity contribution < 1.29 is 19.1 Å². The Balaban J connectivity index is 2.10. The second-order valence-electron chi connectivity index (χ2n) is 4.19. The van der Waals surface area contributed by atoms with Crippen molar-refractivity contribution >= 4 is 17.6 Å². The van der Waals surface area contributed by atoms with Gasteiger partial charge in [-0.15, -0.1) is 0 Å². The van der Waals surface area contributed by atoms with Gasteiger partial charge in [-0.05, 0) is 43.7 Å². The quantitative estimate of drug-likeness (QED) is 0.925. The van der Waals surface area contributed by atoms with Gasteiger partial charge in [0.15, 0.2) is 0 Å². The first-order chi connectivity index (χ1) is 8.97. The fourth-order valence-electron chi connectivity index (χ4n) is 1.75. The molecule has 2 rings (SSSR count). The first kappa shape index (κ1) is 13.5. The molecule has 0 aliphatic carbocycles. The van der Waals surface area contributed by atoms with Crippen molar-refractivity contribution in [2.24, 2.45) is 0 Å². The van der Waals surface area contributed by atoms with E-state index in [1.807, 2.05) is 6.92 Å². The van der Waals surface area contributed by atoms with E-state index in [0.29, 0.717) is 22.3 Å². The topological polar surface area (TPSA) is 59.7 Å². The van der Waals surface area contributed by atoms with Crippen LogP contribution in [0.1, 0.15) is 27.4 Å². The first-order valence-electron chi connectivity index (χ1n) is 5.69. The van der Waals surface area contributed by atoms with Crippen molar-refractivity contribution in [2.75, 3.05) is 0 Å². The molecule has 1 aromatic heterocycles. The van der Waals surface area contributed by atoms with Crippen molar-refractivity contribution in [1.82, 2.24) is 0 Å². The molecule has 0 aliphatic heterocycles. The molecule has 0 aliphatic rings. The summed E-state index contributed by atoms with van der Waals surface area (Å²) in [6.45, 7) is 3.67. The van der Waals surface area contributed by atoms with Crippen molar-refractivity contribution in [3.63, 3.8) is 0 Å². The lowest BCUT2D eigenvalue weighted by Crippen LogP contribution is -1.97. The molecule has 2 aromatic rings. The first-order valence-corrected chi connectivity index (χ1v) is 6.06. The molecule has 0 bridgehead atoms.